The van der Waals surface area contributed by atoms with Crippen LogP contribution in [0.1, 0.15) is 0 Å². The highest BCUT2D eigenvalue weighted by Gasteiger charge is 2.68. The minimum absolute atomic E-state index is 1.64. The Hall–Kier alpha value is -1.65. The molecule has 0 atom stereocenters. The van der Waals surface area contributed by atoms with Gasteiger partial charge in [-0.2, -0.15) is 39.5 Å². The topological polar surface area (TPSA) is 54.0 Å². The van der Waals surface area contributed by atoms with Crippen molar-refractivity contribution < 1.29 is 76.4 Å². The van der Waals surface area contributed by atoms with E-state index in [4.69, 9.17) is 0 Å². The van der Waals surface area contributed by atoms with E-state index in [1.165, 1.54) is 0 Å². The van der Waals surface area contributed by atoms with Crippen molar-refractivity contribution >= 4 is 6.16 Å². The SMILES string of the molecule is O=C(OCC(F)(F)F)OCC(F)(F)OC(F)(F)C(F)(F)OC(F)(F)F. The third-order valence-electron chi connectivity index (χ3n) is 1.57. The molecule has 0 aliphatic heterocycles. The quantitative estimate of drug-likeness (QED) is 0.471. The molecule has 0 saturated carbocycles. The van der Waals surface area contributed by atoms with Crippen LogP contribution in [0.25, 0.3) is 0 Å². The molecule has 0 amide bonds. The molecule has 0 N–H and O–H groups in total. The van der Waals surface area contributed by atoms with Gasteiger partial charge < -0.3 is 9.47 Å². The Morgan fingerprint density at radius 3 is 1.44 bits per heavy atom. The van der Waals surface area contributed by atoms with Gasteiger partial charge in [0, 0.05) is 0 Å². The highest BCUT2D eigenvalue weighted by Crippen LogP contribution is 2.43. The standard InChI is InChI=1S/C8H4F12O5/c9-4(10,11)1-22-3(21)23-2-5(12,13)24-6(14,15)7(16,17)25-8(18,19)20/h1-2H2. The lowest BCUT2D eigenvalue weighted by Gasteiger charge is -2.29. The number of halogens is 12. The van der Waals surface area contributed by atoms with Crippen LogP contribution in [-0.2, 0) is 18.9 Å². The summed E-state index contributed by atoms with van der Waals surface area (Å²) in [6, 6.07) is 0. The van der Waals surface area contributed by atoms with Gasteiger partial charge in [-0.3, -0.25) is 0 Å². The van der Waals surface area contributed by atoms with Crippen LogP contribution in [0.15, 0.2) is 0 Å². The molecule has 25 heavy (non-hydrogen) atoms. The molecule has 0 aliphatic carbocycles. The van der Waals surface area contributed by atoms with Crippen molar-refractivity contribution in [2.75, 3.05) is 13.2 Å². The van der Waals surface area contributed by atoms with Gasteiger partial charge in [0.05, 0.1) is 0 Å². The number of carbonyl (C=O) groups excluding carboxylic acids is 1. The lowest BCUT2D eigenvalue weighted by atomic mass is 10.5. The third-order valence-corrected chi connectivity index (χ3v) is 1.57. The summed E-state index contributed by atoms with van der Waals surface area (Å²) in [5, 5.41) is 0. The predicted octanol–water partition coefficient (Wildman–Crippen LogP) is 4.03. The van der Waals surface area contributed by atoms with Crippen LogP contribution in [0, 0.1) is 0 Å². The van der Waals surface area contributed by atoms with Crippen molar-refractivity contribution in [1.82, 2.24) is 0 Å². The molecule has 0 spiro atoms. The Morgan fingerprint density at radius 1 is 0.640 bits per heavy atom. The van der Waals surface area contributed by atoms with E-state index in [1.54, 1.807) is 4.74 Å². The fraction of sp³-hybridized carbons (Fsp3) is 0.875. The maximum absolute atomic E-state index is 12.8. The van der Waals surface area contributed by atoms with Crippen LogP contribution >= 0.6 is 0 Å². The average Bonchev–Trinajstić information content (AvgIpc) is 2.28. The number of hydrogen-bond donors (Lipinski definition) is 0. The van der Waals surface area contributed by atoms with E-state index in [-0.39, 0.29) is 0 Å². The molecule has 0 fully saturated rings. The molecule has 0 aromatic rings. The van der Waals surface area contributed by atoms with E-state index in [0.717, 1.165) is 0 Å². The monoisotopic (exact) mass is 408 g/mol. The Kier molecular flexibility index (Phi) is 6.82. The second-order valence-corrected chi connectivity index (χ2v) is 3.76. The first-order chi connectivity index (χ1) is 10.8. The van der Waals surface area contributed by atoms with Gasteiger partial charge in [0.2, 0.25) is 0 Å². The van der Waals surface area contributed by atoms with Gasteiger partial charge in [0.25, 0.3) is 0 Å². The summed E-state index contributed by atoms with van der Waals surface area (Å²) in [7, 11) is 0. The van der Waals surface area contributed by atoms with Gasteiger partial charge in [-0.1, -0.05) is 0 Å². The minimum Gasteiger partial charge on any atom is -0.425 e. The molecule has 0 aromatic carbocycles. The molecule has 0 radical (unpaired) electrons. The first-order valence-corrected chi connectivity index (χ1v) is 5.23. The second kappa shape index (κ2) is 7.30. The van der Waals surface area contributed by atoms with Crippen LogP contribution in [0.4, 0.5) is 57.5 Å². The van der Waals surface area contributed by atoms with Crippen molar-refractivity contribution in [2.24, 2.45) is 0 Å². The van der Waals surface area contributed by atoms with Crippen LogP contribution in [0.5, 0.6) is 0 Å². The van der Waals surface area contributed by atoms with E-state index in [0.29, 0.717) is 0 Å². The molecule has 0 heterocycles. The Labute approximate surface area is 128 Å². The maximum atomic E-state index is 12.8. The summed E-state index contributed by atoms with van der Waals surface area (Å²) in [5.74, 6) is 0. The third kappa shape index (κ3) is 9.42. The van der Waals surface area contributed by atoms with E-state index in [1.807, 2.05) is 0 Å². The lowest BCUT2D eigenvalue weighted by molar-refractivity contribution is -0.530. The van der Waals surface area contributed by atoms with Gasteiger partial charge in [-0.15, -0.1) is 13.2 Å². The number of ether oxygens (including phenoxy) is 4. The zero-order valence-electron chi connectivity index (χ0n) is 11.0. The molecular formula is C8H4F12O5. The Morgan fingerprint density at radius 2 is 1.04 bits per heavy atom. The van der Waals surface area contributed by atoms with Gasteiger partial charge >= 0.3 is 37.0 Å². The first-order valence-electron chi connectivity index (χ1n) is 5.23. The molecule has 0 bridgehead atoms. The van der Waals surface area contributed by atoms with Crippen LogP contribution < -0.4 is 0 Å². The van der Waals surface area contributed by atoms with Crippen LogP contribution in [-0.4, -0.2) is 50.2 Å². The van der Waals surface area contributed by atoms with Crippen molar-refractivity contribution in [3.05, 3.63) is 0 Å². The fourth-order valence-electron chi connectivity index (χ4n) is 0.807. The zero-order chi connectivity index (χ0) is 20.3. The van der Waals surface area contributed by atoms with Crippen molar-refractivity contribution in [3.63, 3.8) is 0 Å². The maximum Gasteiger partial charge on any atom is 0.527 e. The summed E-state index contributed by atoms with van der Waals surface area (Å²) in [5.41, 5.74) is 0. The van der Waals surface area contributed by atoms with Crippen LogP contribution in [0.2, 0.25) is 0 Å². The molecule has 150 valence electrons. The zero-order valence-corrected chi connectivity index (χ0v) is 11.0. The number of alkyl halides is 12. The summed E-state index contributed by atoms with van der Waals surface area (Å²) in [6.07, 6.45) is -32.7. The van der Waals surface area contributed by atoms with Crippen molar-refractivity contribution in [3.8, 4) is 0 Å². The summed E-state index contributed by atoms with van der Waals surface area (Å²) in [4.78, 5) is 10.4. The van der Waals surface area contributed by atoms with Gasteiger partial charge in [-0.05, 0) is 0 Å². The molecule has 0 rings (SSSR count). The normalized spacial score (nSPS) is 14.4. The van der Waals surface area contributed by atoms with Crippen molar-refractivity contribution in [2.45, 2.75) is 30.9 Å². The van der Waals surface area contributed by atoms with Gasteiger partial charge in [-0.25, -0.2) is 14.3 Å². The summed E-state index contributed by atoms with van der Waals surface area (Å²) >= 11 is 0. The molecule has 5 nitrogen and oxygen atoms in total. The average molecular weight is 408 g/mol. The first kappa shape index (κ1) is 23.4. The number of hydrogen-bond acceptors (Lipinski definition) is 5. The largest absolute Gasteiger partial charge is 0.527 e. The van der Waals surface area contributed by atoms with Crippen LogP contribution in [0.3, 0.4) is 0 Å². The molecule has 0 saturated heterocycles. The predicted molar refractivity (Wildman–Crippen MR) is 46.4 cm³/mol. The fourth-order valence-corrected chi connectivity index (χ4v) is 0.807. The summed E-state index contributed by atoms with van der Waals surface area (Å²) in [6.45, 7) is -5.02. The van der Waals surface area contributed by atoms with Crippen molar-refractivity contribution in [1.29, 1.82) is 0 Å². The second-order valence-electron chi connectivity index (χ2n) is 3.76. The van der Waals surface area contributed by atoms with E-state index in [2.05, 4.69) is 14.2 Å². The lowest BCUT2D eigenvalue weighted by Crippen LogP contribution is -2.52. The van der Waals surface area contributed by atoms with E-state index < -0.39 is 50.2 Å². The molecule has 0 unspecified atom stereocenters. The number of carbonyl (C=O) groups is 1. The molecule has 0 aliphatic rings. The molecular weight excluding hydrogens is 404 g/mol. The van der Waals surface area contributed by atoms with Gasteiger partial charge in [0.1, 0.15) is 0 Å². The number of rotatable bonds is 7. The molecule has 0 aromatic heterocycles. The Bertz CT molecular complexity index is 455. The Balaban J connectivity index is 4.75. The van der Waals surface area contributed by atoms with E-state index >= 15 is 0 Å². The van der Waals surface area contributed by atoms with Gasteiger partial charge in [0.15, 0.2) is 13.2 Å². The minimum atomic E-state index is -6.62. The highest BCUT2D eigenvalue weighted by molar-refractivity contribution is 5.59. The molecule has 17 heteroatoms. The smallest absolute Gasteiger partial charge is 0.425 e. The summed E-state index contributed by atoms with van der Waals surface area (Å²) < 4.78 is 155. The highest BCUT2D eigenvalue weighted by atomic mass is 19.4. The van der Waals surface area contributed by atoms with E-state index in [9.17, 15) is 57.5 Å².